The van der Waals surface area contributed by atoms with E-state index in [9.17, 15) is 4.79 Å². The van der Waals surface area contributed by atoms with Crippen molar-refractivity contribution in [2.45, 2.75) is 19.9 Å². The second-order valence-electron chi connectivity index (χ2n) is 4.50. The maximum Gasteiger partial charge on any atom is 0.245 e. The molecule has 1 heterocycles. The molecular weight excluding hydrogens is 355 g/mol. The molecule has 2 aromatic rings. The molecule has 6 heteroatoms. The van der Waals surface area contributed by atoms with Crippen molar-refractivity contribution >= 4 is 45.5 Å². The second-order valence-corrected chi connectivity index (χ2v) is 5.75. The van der Waals surface area contributed by atoms with E-state index in [1.54, 1.807) is 16.5 Å². The number of anilines is 1. The fourth-order valence-electron chi connectivity index (χ4n) is 2.08. The summed E-state index contributed by atoms with van der Waals surface area (Å²) in [5.74, 6) is 0.411. The minimum absolute atomic E-state index is 0.0343. The Labute approximate surface area is 125 Å². The molecule has 0 bridgehead atoms. The number of nitrogens with zero attached hydrogens (tertiary/aromatic N) is 3. The van der Waals surface area contributed by atoms with E-state index in [1.807, 2.05) is 32.0 Å². The maximum absolute atomic E-state index is 12.3. The molecule has 0 fully saturated rings. The van der Waals surface area contributed by atoms with Crippen LogP contribution < -0.4 is 5.73 Å². The van der Waals surface area contributed by atoms with E-state index in [4.69, 9.17) is 5.73 Å². The zero-order valence-corrected chi connectivity index (χ0v) is 13.4. The average Bonchev–Trinajstić information content (AvgIpc) is 2.71. The van der Waals surface area contributed by atoms with Crippen molar-refractivity contribution in [2.24, 2.45) is 0 Å². The van der Waals surface area contributed by atoms with Crippen LogP contribution in [0, 0.1) is 3.57 Å². The lowest BCUT2D eigenvalue weighted by molar-refractivity contribution is -0.132. The number of aromatic nitrogens is 2. The van der Waals surface area contributed by atoms with Crippen molar-refractivity contribution in [3.05, 3.63) is 21.8 Å². The normalized spacial score (nSPS) is 12.6. The van der Waals surface area contributed by atoms with Gasteiger partial charge in [-0.25, -0.2) is 4.98 Å². The molecule has 0 aliphatic rings. The first-order valence-corrected chi connectivity index (χ1v) is 7.21. The van der Waals surface area contributed by atoms with Crippen LogP contribution in [0.5, 0.6) is 0 Å². The van der Waals surface area contributed by atoms with Gasteiger partial charge in [-0.15, -0.1) is 0 Å². The van der Waals surface area contributed by atoms with Gasteiger partial charge in [0.15, 0.2) is 0 Å². The van der Waals surface area contributed by atoms with Crippen LogP contribution in [0.15, 0.2) is 18.2 Å². The molecule has 1 aromatic carbocycles. The fourth-order valence-corrected chi connectivity index (χ4v) is 2.56. The van der Waals surface area contributed by atoms with Crippen molar-refractivity contribution in [3.8, 4) is 0 Å². The Balaban J connectivity index is 2.50. The third-order valence-corrected chi connectivity index (χ3v) is 3.95. The fraction of sp³-hybridized carbons (Fsp3) is 0.385. The first-order chi connectivity index (χ1) is 8.95. The first-order valence-electron chi connectivity index (χ1n) is 6.13. The van der Waals surface area contributed by atoms with Crippen molar-refractivity contribution in [1.82, 2.24) is 14.5 Å². The zero-order valence-electron chi connectivity index (χ0n) is 11.2. The molecule has 102 valence electrons. The van der Waals surface area contributed by atoms with Crippen molar-refractivity contribution in [2.75, 3.05) is 19.3 Å². The summed E-state index contributed by atoms with van der Waals surface area (Å²) in [6.07, 6.45) is 0. The van der Waals surface area contributed by atoms with Gasteiger partial charge in [0.05, 0.1) is 11.0 Å². The summed E-state index contributed by atoms with van der Waals surface area (Å²) in [5.41, 5.74) is 7.68. The molecule has 0 saturated heterocycles. The average molecular weight is 372 g/mol. The Hall–Kier alpha value is -1.31. The van der Waals surface area contributed by atoms with Gasteiger partial charge < -0.3 is 10.6 Å². The van der Waals surface area contributed by atoms with E-state index < -0.39 is 0 Å². The number of carbonyl (C=O) groups is 1. The van der Waals surface area contributed by atoms with Crippen molar-refractivity contribution in [3.63, 3.8) is 0 Å². The number of hydrogen-bond acceptors (Lipinski definition) is 3. The van der Waals surface area contributed by atoms with E-state index in [1.165, 1.54) is 0 Å². The maximum atomic E-state index is 12.3. The standard InChI is InChI=1S/C13H17IN4O/c1-4-17(3)12(19)8(2)18-11-6-5-9(14)7-10(11)16-13(18)15/h5-8H,4H2,1-3H3,(H2,15,16). The van der Waals surface area contributed by atoms with Gasteiger partial charge in [-0.2, -0.15) is 0 Å². The lowest BCUT2D eigenvalue weighted by Gasteiger charge is -2.21. The molecule has 1 aromatic heterocycles. The number of amides is 1. The zero-order chi connectivity index (χ0) is 14.2. The highest BCUT2D eigenvalue weighted by Gasteiger charge is 2.22. The van der Waals surface area contributed by atoms with Gasteiger partial charge in [0.25, 0.3) is 0 Å². The van der Waals surface area contributed by atoms with Crippen LogP contribution in [0.4, 0.5) is 5.95 Å². The monoisotopic (exact) mass is 372 g/mol. The van der Waals surface area contributed by atoms with Crippen LogP contribution in [0.2, 0.25) is 0 Å². The van der Waals surface area contributed by atoms with Crippen molar-refractivity contribution < 1.29 is 4.79 Å². The molecule has 0 saturated carbocycles. The number of nitrogen functional groups attached to an aromatic ring is 1. The van der Waals surface area contributed by atoms with Gasteiger partial charge in [0.2, 0.25) is 11.9 Å². The lowest BCUT2D eigenvalue weighted by Crippen LogP contribution is -2.33. The molecule has 1 atom stereocenters. The molecule has 5 nitrogen and oxygen atoms in total. The Morgan fingerprint density at radius 2 is 2.26 bits per heavy atom. The number of carbonyl (C=O) groups excluding carboxylic acids is 1. The minimum Gasteiger partial charge on any atom is -0.369 e. The Kier molecular flexibility index (Phi) is 3.98. The van der Waals surface area contributed by atoms with Gasteiger partial charge in [0.1, 0.15) is 6.04 Å². The molecule has 2 rings (SSSR count). The number of fused-ring (bicyclic) bond motifs is 1. The Morgan fingerprint density at radius 3 is 2.89 bits per heavy atom. The van der Waals surface area contributed by atoms with Crippen LogP contribution >= 0.6 is 22.6 Å². The van der Waals surface area contributed by atoms with Crippen molar-refractivity contribution in [1.29, 1.82) is 0 Å². The lowest BCUT2D eigenvalue weighted by atomic mass is 10.2. The molecule has 1 amide bonds. The summed E-state index contributed by atoms with van der Waals surface area (Å²) in [5, 5.41) is 0. The Bertz CT molecular complexity index is 622. The molecule has 0 aliphatic carbocycles. The van der Waals surface area contributed by atoms with E-state index in [2.05, 4.69) is 27.6 Å². The van der Waals surface area contributed by atoms with Gasteiger partial charge in [-0.1, -0.05) is 0 Å². The molecule has 0 spiro atoms. The van der Waals surface area contributed by atoms with E-state index in [-0.39, 0.29) is 11.9 Å². The molecule has 19 heavy (non-hydrogen) atoms. The second kappa shape index (κ2) is 5.36. The highest BCUT2D eigenvalue weighted by molar-refractivity contribution is 14.1. The van der Waals surface area contributed by atoms with Gasteiger partial charge >= 0.3 is 0 Å². The number of imidazole rings is 1. The SMILES string of the molecule is CCN(C)C(=O)C(C)n1c(N)nc2cc(I)ccc21. The van der Waals surface area contributed by atoms with Crippen LogP contribution in [-0.4, -0.2) is 34.0 Å². The molecular formula is C13H17IN4O. The number of benzene rings is 1. The molecule has 2 N–H and O–H groups in total. The van der Waals surface area contributed by atoms with Gasteiger partial charge in [-0.3, -0.25) is 9.36 Å². The van der Waals surface area contributed by atoms with Crippen LogP contribution in [0.1, 0.15) is 19.9 Å². The van der Waals surface area contributed by atoms with E-state index in [0.29, 0.717) is 12.5 Å². The quantitative estimate of drug-likeness (QED) is 0.841. The molecule has 1 unspecified atom stereocenters. The topological polar surface area (TPSA) is 64.2 Å². The summed E-state index contributed by atoms with van der Waals surface area (Å²) in [7, 11) is 1.79. The summed E-state index contributed by atoms with van der Waals surface area (Å²) in [6.45, 7) is 4.47. The third-order valence-electron chi connectivity index (χ3n) is 3.27. The molecule has 0 radical (unpaired) electrons. The van der Waals surface area contributed by atoms with Crippen LogP contribution in [0.25, 0.3) is 11.0 Å². The number of halogens is 1. The third kappa shape index (κ3) is 2.54. The summed E-state index contributed by atoms with van der Waals surface area (Å²) in [4.78, 5) is 18.3. The predicted octanol–water partition coefficient (Wildman–Crippen LogP) is 2.26. The highest BCUT2D eigenvalue weighted by Crippen LogP contribution is 2.25. The molecule has 0 aliphatic heterocycles. The predicted molar refractivity (Wildman–Crippen MR) is 84.9 cm³/mol. The Morgan fingerprint density at radius 1 is 1.58 bits per heavy atom. The van der Waals surface area contributed by atoms with Gasteiger partial charge in [-0.05, 0) is 54.6 Å². The number of hydrogen-bond donors (Lipinski definition) is 1. The van der Waals surface area contributed by atoms with E-state index in [0.717, 1.165) is 14.6 Å². The number of likely N-dealkylation sites (N-methyl/N-ethyl adjacent to an activating group) is 1. The first kappa shape index (κ1) is 14.1. The summed E-state index contributed by atoms with van der Waals surface area (Å²) in [6, 6.07) is 5.55. The largest absolute Gasteiger partial charge is 0.369 e. The van der Waals surface area contributed by atoms with Crippen LogP contribution in [-0.2, 0) is 4.79 Å². The highest BCUT2D eigenvalue weighted by atomic mass is 127. The van der Waals surface area contributed by atoms with Crippen LogP contribution in [0.3, 0.4) is 0 Å². The summed E-state index contributed by atoms with van der Waals surface area (Å²) < 4.78 is 2.89. The minimum atomic E-state index is -0.352. The smallest absolute Gasteiger partial charge is 0.245 e. The number of nitrogens with two attached hydrogens (primary N) is 1. The summed E-state index contributed by atoms with van der Waals surface area (Å²) >= 11 is 2.23. The number of rotatable bonds is 3. The van der Waals surface area contributed by atoms with E-state index >= 15 is 0 Å². The van der Waals surface area contributed by atoms with Gasteiger partial charge in [0, 0.05) is 17.2 Å².